The van der Waals surface area contributed by atoms with Crippen molar-refractivity contribution in [2.75, 3.05) is 0 Å². The minimum absolute atomic E-state index is 0.00630. The molecule has 4 atom stereocenters. The molecule has 1 aliphatic heterocycles. The lowest BCUT2D eigenvalue weighted by atomic mass is 9.85. The maximum atomic E-state index is 12.5. The highest BCUT2D eigenvalue weighted by molar-refractivity contribution is 6.30. The third-order valence-electron chi connectivity index (χ3n) is 4.82. The minimum atomic E-state index is -0.107. The Hall–Kier alpha value is -1.61. The smallest absolute Gasteiger partial charge is 0.234 e. The summed E-state index contributed by atoms with van der Waals surface area (Å²) < 4.78 is 0. The maximum Gasteiger partial charge on any atom is 0.234 e. The topological polar surface area (TPSA) is 37.4 Å². The average Bonchev–Trinajstić information content (AvgIpc) is 3.11. The molecule has 2 bridgehead atoms. The number of hydrogen-bond acceptors (Lipinski definition) is 2. The van der Waals surface area contributed by atoms with E-state index in [2.05, 4.69) is 12.2 Å². The van der Waals surface area contributed by atoms with E-state index in [1.807, 2.05) is 12.1 Å². The first-order chi connectivity index (χ1) is 9.65. The highest BCUT2D eigenvalue weighted by atomic mass is 35.5. The molecule has 1 saturated heterocycles. The average molecular weight is 288 g/mol. The Balaban J connectivity index is 1.60. The van der Waals surface area contributed by atoms with Gasteiger partial charge in [0.25, 0.3) is 0 Å². The van der Waals surface area contributed by atoms with Crippen molar-refractivity contribution in [1.82, 2.24) is 4.90 Å². The summed E-state index contributed by atoms with van der Waals surface area (Å²) in [5.74, 6) is 0.349. The number of rotatable bonds is 2. The van der Waals surface area contributed by atoms with Crippen LogP contribution in [0.2, 0.25) is 5.02 Å². The predicted octanol–water partition coefficient (Wildman–Crippen LogP) is 2.65. The molecule has 3 nitrogen and oxygen atoms in total. The zero-order valence-corrected chi connectivity index (χ0v) is 11.6. The number of amides is 2. The molecular weight excluding hydrogens is 274 g/mol. The van der Waals surface area contributed by atoms with E-state index in [1.165, 1.54) is 4.90 Å². The first-order valence-electron chi connectivity index (χ1n) is 6.93. The Kier molecular flexibility index (Phi) is 2.55. The van der Waals surface area contributed by atoms with Crippen molar-refractivity contribution in [3.05, 3.63) is 47.0 Å². The van der Waals surface area contributed by atoms with Crippen LogP contribution in [0, 0.1) is 23.7 Å². The SMILES string of the molecule is O=C1[C@@H]2[C@@H](C(=O)N1Cc1ccc(Cl)cc1)[C@H]1C=C[C@H]2C1. The summed E-state index contributed by atoms with van der Waals surface area (Å²) in [5, 5.41) is 0.659. The van der Waals surface area contributed by atoms with Crippen LogP contribution >= 0.6 is 11.6 Å². The molecule has 3 aliphatic rings. The molecule has 4 heteroatoms. The van der Waals surface area contributed by atoms with Gasteiger partial charge < -0.3 is 0 Å². The van der Waals surface area contributed by atoms with Crippen LogP contribution < -0.4 is 0 Å². The molecule has 0 spiro atoms. The van der Waals surface area contributed by atoms with Crippen molar-refractivity contribution in [2.45, 2.75) is 13.0 Å². The zero-order chi connectivity index (χ0) is 13.9. The van der Waals surface area contributed by atoms with Gasteiger partial charge in [-0.1, -0.05) is 35.9 Å². The highest BCUT2D eigenvalue weighted by Gasteiger charge is 2.59. The molecule has 2 fully saturated rings. The first-order valence-corrected chi connectivity index (χ1v) is 7.31. The van der Waals surface area contributed by atoms with E-state index < -0.39 is 0 Å². The normalized spacial score (nSPS) is 34.1. The number of imide groups is 1. The van der Waals surface area contributed by atoms with Crippen molar-refractivity contribution in [3.8, 4) is 0 Å². The van der Waals surface area contributed by atoms with Gasteiger partial charge in [0.15, 0.2) is 0 Å². The number of likely N-dealkylation sites (tertiary alicyclic amines) is 1. The van der Waals surface area contributed by atoms with E-state index in [1.54, 1.807) is 12.1 Å². The van der Waals surface area contributed by atoms with Crippen LogP contribution in [-0.2, 0) is 16.1 Å². The van der Waals surface area contributed by atoms with Gasteiger partial charge in [-0.15, -0.1) is 0 Å². The van der Waals surface area contributed by atoms with Crippen molar-refractivity contribution in [3.63, 3.8) is 0 Å². The number of halogens is 1. The molecule has 1 heterocycles. The molecule has 0 radical (unpaired) electrons. The van der Waals surface area contributed by atoms with Gasteiger partial charge in [0.1, 0.15) is 0 Å². The summed E-state index contributed by atoms with van der Waals surface area (Å²) in [4.78, 5) is 26.4. The fraction of sp³-hybridized carbons (Fsp3) is 0.375. The lowest BCUT2D eigenvalue weighted by molar-refractivity contribution is -0.141. The molecule has 1 aromatic carbocycles. The second-order valence-electron chi connectivity index (χ2n) is 5.89. The van der Waals surface area contributed by atoms with Gasteiger partial charge in [0.2, 0.25) is 11.8 Å². The van der Waals surface area contributed by atoms with E-state index in [0.29, 0.717) is 11.6 Å². The summed E-state index contributed by atoms with van der Waals surface area (Å²) in [7, 11) is 0. The number of benzene rings is 1. The number of fused-ring (bicyclic) bond motifs is 5. The van der Waals surface area contributed by atoms with Crippen molar-refractivity contribution in [1.29, 1.82) is 0 Å². The molecule has 1 saturated carbocycles. The van der Waals surface area contributed by atoms with Crippen LogP contribution in [0.1, 0.15) is 12.0 Å². The van der Waals surface area contributed by atoms with Crippen LogP contribution in [-0.4, -0.2) is 16.7 Å². The lowest BCUT2D eigenvalue weighted by Gasteiger charge is -2.17. The van der Waals surface area contributed by atoms with Crippen LogP contribution in [0.4, 0.5) is 0 Å². The Morgan fingerprint density at radius 3 is 2.10 bits per heavy atom. The lowest BCUT2D eigenvalue weighted by Crippen LogP contribution is -2.32. The quantitative estimate of drug-likeness (QED) is 0.619. The summed E-state index contributed by atoms with van der Waals surface area (Å²) in [6, 6.07) is 7.30. The van der Waals surface area contributed by atoms with E-state index in [4.69, 9.17) is 11.6 Å². The minimum Gasteiger partial charge on any atom is -0.278 e. The molecule has 0 aromatic heterocycles. The fourth-order valence-electron chi connectivity index (χ4n) is 3.89. The summed E-state index contributed by atoms with van der Waals surface area (Å²) >= 11 is 5.85. The van der Waals surface area contributed by atoms with E-state index in [-0.39, 0.29) is 35.5 Å². The van der Waals surface area contributed by atoms with Crippen LogP contribution in [0.15, 0.2) is 36.4 Å². The highest BCUT2D eigenvalue weighted by Crippen LogP contribution is 2.52. The fourth-order valence-corrected chi connectivity index (χ4v) is 4.02. The molecular formula is C16H14ClNO2. The van der Waals surface area contributed by atoms with Gasteiger partial charge in [0, 0.05) is 5.02 Å². The van der Waals surface area contributed by atoms with Gasteiger partial charge in [-0.05, 0) is 36.0 Å². The first kappa shape index (κ1) is 12.2. The molecule has 0 N–H and O–H groups in total. The second-order valence-corrected chi connectivity index (χ2v) is 6.33. The van der Waals surface area contributed by atoms with E-state index >= 15 is 0 Å². The summed E-state index contributed by atoms with van der Waals surface area (Å²) in [5.41, 5.74) is 0.941. The van der Waals surface area contributed by atoms with Crippen LogP contribution in [0.25, 0.3) is 0 Å². The number of carbonyl (C=O) groups excluding carboxylic acids is 2. The van der Waals surface area contributed by atoms with Gasteiger partial charge >= 0.3 is 0 Å². The van der Waals surface area contributed by atoms with Crippen molar-refractivity contribution in [2.24, 2.45) is 23.7 Å². The Morgan fingerprint density at radius 1 is 1.00 bits per heavy atom. The van der Waals surface area contributed by atoms with E-state index in [0.717, 1.165) is 12.0 Å². The number of carbonyl (C=O) groups is 2. The zero-order valence-electron chi connectivity index (χ0n) is 10.8. The Morgan fingerprint density at radius 2 is 1.55 bits per heavy atom. The van der Waals surface area contributed by atoms with Crippen LogP contribution in [0.5, 0.6) is 0 Å². The molecule has 4 rings (SSSR count). The maximum absolute atomic E-state index is 12.5. The summed E-state index contributed by atoms with van der Waals surface area (Å²) in [6.45, 7) is 0.362. The molecule has 2 aliphatic carbocycles. The Labute approximate surface area is 122 Å². The number of allylic oxidation sites excluding steroid dienone is 2. The van der Waals surface area contributed by atoms with E-state index in [9.17, 15) is 9.59 Å². The molecule has 102 valence electrons. The van der Waals surface area contributed by atoms with Gasteiger partial charge in [-0.2, -0.15) is 0 Å². The second kappa shape index (κ2) is 4.19. The molecule has 20 heavy (non-hydrogen) atoms. The monoisotopic (exact) mass is 287 g/mol. The predicted molar refractivity (Wildman–Crippen MR) is 74.7 cm³/mol. The van der Waals surface area contributed by atoms with Crippen molar-refractivity contribution >= 4 is 23.4 Å². The number of hydrogen-bond donors (Lipinski definition) is 0. The van der Waals surface area contributed by atoms with Gasteiger partial charge in [-0.3, -0.25) is 14.5 Å². The van der Waals surface area contributed by atoms with Crippen molar-refractivity contribution < 1.29 is 9.59 Å². The van der Waals surface area contributed by atoms with Gasteiger partial charge in [-0.25, -0.2) is 0 Å². The number of nitrogens with zero attached hydrogens (tertiary/aromatic N) is 1. The Bertz CT molecular complexity index is 592. The third kappa shape index (κ3) is 1.59. The molecule has 0 unspecified atom stereocenters. The third-order valence-corrected chi connectivity index (χ3v) is 5.07. The molecule has 2 amide bonds. The standard InChI is InChI=1S/C16H14ClNO2/c17-12-5-1-9(2-6-12)8-18-15(19)13-10-3-4-11(7-10)14(13)16(18)20/h1-6,10-11,13-14H,7-8H2/t10-,11-,13-,14-/m0/s1. The largest absolute Gasteiger partial charge is 0.278 e. The summed E-state index contributed by atoms with van der Waals surface area (Å²) in [6.07, 6.45) is 5.20. The van der Waals surface area contributed by atoms with Crippen LogP contribution in [0.3, 0.4) is 0 Å². The van der Waals surface area contributed by atoms with Gasteiger partial charge in [0.05, 0.1) is 18.4 Å². The molecule has 1 aromatic rings.